The van der Waals surface area contributed by atoms with Gasteiger partial charge in [0.05, 0.1) is 9.85 Å². The molecule has 0 aliphatic heterocycles. The highest BCUT2D eigenvalue weighted by Gasteiger charge is 2.17. The van der Waals surface area contributed by atoms with Crippen LogP contribution in [0.5, 0.6) is 11.5 Å². The first-order valence-electron chi connectivity index (χ1n) is 8.47. The fourth-order valence-corrected chi connectivity index (χ4v) is 2.66. The third-order valence-corrected chi connectivity index (χ3v) is 4.20. The Balaban J connectivity index is 2.30. The van der Waals surface area contributed by atoms with Crippen LogP contribution in [0.25, 0.3) is 0 Å². The highest BCUT2D eigenvalue weighted by Crippen LogP contribution is 2.27. The molecule has 2 N–H and O–H groups in total. The van der Waals surface area contributed by atoms with Crippen molar-refractivity contribution in [1.82, 2.24) is 9.80 Å². The van der Waals surface area contributed by atoms with Gasteiger partial charge in [-0.2, -0.15) is 0 Å². The second-order valence-corrected chi connectivity index (χ2v) is 6.65. The van der Waals surface area contributed by atoms with E-state index in [2.05, 4.69) is 0 Å². The van der Waals surface area contributed by atoms with Crippen molar-refractivity contribution in [3.8, 4) is 11.5 Å². The first-order valence-corrected chi connectivity index (χ1v) is 8.47. The van der Waals surface area contributed by atoms with Crippen LogP contribution in [-0.4, -0.2) is 57.0 Å². The second kappa shape index (κ2) is 9.11. The molecule has 0 atom stereocenters. The van der Waals surface area contributed by atoms with Crippen LogP contribution in [0.15, 0.2) is 36.4 Å². The quantitative estimate of drug-likeness (QED) is 0.493. The van der Waals surface area contributed by atoms with E-state index in [1.54, 1.807) is 0 Å². The number of hydrogen-bond acceptors (Lipinski definition) is 8. The topological polar surface area (TPSA) is 133 Å². The number of non-ortho nitro benzene ring substituents is 2. The zero-order valence-electron chi connectivity index (χ0n) is 15.6. The Morgan fingerprint density at radius 3 is 1.61 bits per heavy atom. The maximum atomic E-state index is 11.0. The van der Waals surface area contributed by atoms with Crippen molar-refractivity contribution in [1.29, 1.82) is 0 Å². The lowest BCUT2D eigenvalue weighted by molar-refractivity contribution is -0.385. The highest BCUT2D eigenvalue weighted by atomic mass is 16.6. The van der Waals surface area contributed by atoms with Gasteiger partial charge in [0.2, 0.25) is 0 Å². The van der Waals surface area contributed by atoms with Gasteiger partial charge < -0.3 is 15.1 Å². The summed E-state index contributed by atoms with van der Waals surface area (Å²) in [5, 5.41) is 42.2. The molecule has 0 spiro atoms. The van der Waals surface area contributed by atoms with Crippen LogP contribution in [0.1, 0.15) is 11.1 Å². The van der Waals surface area contributed by atoms with Crippen LogP contribution in [0.3, 0.4) is 0 Å². The van der Waals surface area contributed by atoms with E-state index in [1.807, 2.05) is 23.9 Å². The molecule has 2 aromatic rings. The van der Waals surface area contributed by atoms with Gasteiger partial charge in [-0.05, 0) is 26.2 Å². The summed E-state index contributed by atoms with van der Waals surface area (Å²) in [4.78, 5) is 24.7. The molecule has 0 saturated carbocycles. The summed E-state index contributed by atoms with van der Waals surface area (Å²) >= 11 is 0. The second-order valence-electron chi connectivity index (χ2n) is 6.65. The van der Waals surface area contributed by atoms with Crippen LogP contribution in [0.2, 0.25) is 0 Å². The molecule has 0 saturated heterocycles. The standard InChI is InChI=1S/C18H22N4O6/c1-19(2)7-8-20(11-13-9-15(21(25)26)3-5-17(13)23)12-14-10-16(22(27)28)4-6-18(14)24/h3-6,9-10,23-24H,7-8,11-12H2,1-2H3. The lowest BCUT2D eigenvalue weighted by atomic mass is 10.1. The number of benzene rings is 2. The Kier molecular flexibility index (Phi) is 6.85. The molecule has 0 radical (unpaired) electrons. The van der Waals surface area contributed by atoms with E-state index in [-0.39, 0.29) is 36.0 Å². The Morgan fingerprint density at radius 1 is 0.821 bits per heavy atom. The van der Waals surface area contributed by atoms with Crippen LogP contribution in [0.4, 0.5) is 11.4 Å². The van der Waals surface area contributed by atoms with Crippen molar-refractivity contribution in [2.75, 3.05) is 27.2 Å². The molecule has 0 aliphatic rings. The number of nitro benzene ring substituents is 2. The van der Waals surface area contributed by atoms with E-state index < -0.39 is 9.85 Å². The van der Waals surface area contributed by atoms with Crippen molar-refractivity contribution in [2.45, 2.75) is 13.1 Å². The number of phenolic OH excluding ortho intramolecular Hbond substituents is 2. The maximum absolute atomic E-state index is 11.0. The first-order chi connectivity index (χ1) is 13.2. The van der Waals surface area contributed by atoms with E-state index in [9.17, 15) is 30.4 Å². The van der Waals surface area contributed by atoms with Gasteiger partial charge in [0, 0.05) is 61.6 Å². The molecule has 0 heterocycles. The van der Waals surface area contributed by atoms with E-state index >= 15 is 0 Å². The zero-order valence-corrected chi connectivity index (χ0v) is 15.6. The highest BCUT2D eigenvalue weighted by molar-refractivity contribution is 5.44. The molecule has 0 bridgehead atoms. The minimum atomic E-state index is -0.542. The van der Waals surface area contributed by atoms with Gasteiger partial charge in [0.1, 0.15) is 11.5 Å². The van der Waals surface area contributed by atoms with Gasteiger partial charge in [-0.3, -0.25) is 25.1 Å². The third kappa shape index (κ3) is 5.63. The number of phenols is 2. The fraction of sp³-hybridized carbons (Fsp3) is 0.333. The fourth-order valence-electron chi connectivity index (χ4n) is 2.66. The normalized spacial score (nSPS) is 11.1. The number of likely N-dealkylation sites (N-methyl/N-ethyl adjacent to an activating group) is 1. The molecule has 0 fully saturated rings. The summed E-state index contributed by atoms with van der Waals surface area (Å²) in [6.07, 6.45) is 0. The van der Waals surface area contributed by atoms with Gasteiger partial charge in [-0.15, -0.1) is 0 Å². The Bertz CT molecular complexity index is 806. The predicted octanol–water partition coefficient (Wildman–Crippen LogP) is 2.48. The summed E-state index contributed by atoms with van der Waals surface area (Å²) in [5.41, 5.74) is 0.438. The molecule has 10 nitrogen and oxygen atoms in total. The first kappa shape index (κ1) is 21.1. The van der Waals surface area contributed by atoms with Gasteiger partial charge in [-0.1, -0.05) is 0 Å². The molecule has 10 heteroatoms. The minimum Gasteiger partial charge on any atom is -0.508 e. The molecular weight excluding hydrogens is 368 g/mol. The monoisotopic (exact) mass is 390 g/mol. The summed E-state index contributed by atoms with van der Waals surface area (Å²) in [7, 11) is 3.77. The molecule has 0 unspecified atom stereocenters. The van der Waals surface area contributed by atoms with E-state index in [0.717, 1.165) is 0 Å². The molecular formula is C18H22N4O6. The summed E-state index contributed by atoms with van der Waals surface area (Å²) in [5.74, 6) is -0.160. The Hall–Kier alpha value is -3.24. The molecule has 150 valence electrons. The molecule has 0 amide bonds. The minimum absolute atomic E-state index is 0.0799. The van der Waals surface area contributed by atoms with Gasteiger partial charge >= 0.3 is 0 Å². The van der Waals surface area contributed by atoms with Crippen molar-refractivity contribution in [3.63, 3.8) is 0 Å². The van der Waals surface area contributed by atoms with Crippen LogP contribution in [-0.2, 0) is 13.1 Å². The summed E-state index contributed by atoms with van der Waals surface area (Å²) in [6, 6.07) is 7.56. The van der Waals surface area contributed by atoms with E-state index in [0.29, 0.717) is 24.2 Å². The van der Waals surface area contributed by atoms with Gasteiger partial charge in [0.15, 0.2) is 0 Å². The third-order valence-electron chi connectivity index (χ3n) is 4.20. The number of nitrogens with zero attached hydrogens (tertiary/aromatic N) is 4. The predicted molar refractivity (Wildman–Crippen MR) is 102 cm³/mol. The average Bonchev–Trinajstić information content (AvgIpc) is 2.62. The molecule has 2 aromatic carbocycles. The molecule has 2 rings (SSSR count). The molecule has 28 heavy (non-hydrogen) atoms. The van der Waals surface area contributed by atoms with Crippen molar-refractivity contribution >= 4 is 11.4 Å². The zero-order chi connectivity index (χ0) is 20.8. The number of aromatic hydroxyl groups is 2. The van der Waals surface area contributed by atoms with E-state index in [1.165, 1.54) is 36.4 Å². The number of nitro groups is 2. The summed E-state index contributed by atoms with van der Waals surface area (Å²) in [6.45, 7) is 1.50. The molecule has 0 aromatic heterocycles. The lowest BCUT2D eigenvalue weighted by Crippen LogP contribution is -2.31. The van der Waals surface area contributed by atoms with Crippen molar-refractivity contribution in [3.05, 3.63) is 67.8 Å². The van der Waals surface area contributed by atoms with Crippen LogP contribution in [0, 0.1) is 20.2 Å². The average molecular weight is 390 g/mol. The van der Waals surface area contributed by atoms with Gasteiger partial charge in [-0.25, -0.2) is 0 Å². The van der Waals surface area contributed by atoms with Crippen LogP contribution < -0.4 is 0 Å². The number of rotatable bonds is 9. The smallest absolute Gasteiger partial charge is 0.270 e. The van der Waals surface area contributed by atoms with E-state index in [4.69, 9.17) is 0 Å². The lowest BCUT2D eigenvalue weighted by Gasteiger charge is -2.25. The molecule has 0 aliphatic carbocycles. The summed E-state index contributed by atoms with van der Waals surface area (Å²) < 4.78 is 0. The van der Waals surface area contributed by atoms with Crippen molar-refractivity contribution < 1.29 is 20.1 Å². The van der Waals surface area contributed by atoms with Crippen molar-refractivity contribution in [2.24, 2.45) is 0 Å². The number of hydrogen-bond donors (Lipinski definition) is 2. The van der Waals surface area contributed by atoms with Crippen LogP contribution >= 0.6 is 0 Å². The SMILES string of the molecule is CN(C)CCN(Cc1cc([N+](=O)[O-])ccc1O)Cc1cc([N+](=O)[O-])ccc1O. The van der Waals surface area contributed by atoms with Gasteiger partial charge in [0.25, 0.3) is 11.4 Å². The Morgan fingerprint density at radius 2 is 1.25 bits per heavy atom. The maximum Gasteiger partial charge on any atom is 0.270 e. The largest absolute Gasteiger partial charge is 0.508 e. The Labute approximate surface area is 161 Å².